The topological polar surface area (TPSA) is 0 Å². The van der Waals surface area contributed by atoms with Gasteiger partial charge in [0.1, 0.15) is 0 Å². The monoisotopic (exact) mass is 1420 g/mol. The van der Waals surface area contributed by atoms with Gasteiger partial charge in [-0.25, -0.2) is 8.78 Å². The van der Waals surface area contributed by atoms with Gasteiger partial charge in [0.2, 0.25) is 0 Å². The lowest BCUT2D eigenvalue weighted by Crippen LogP contribution is -2.50. The molecule has 14 atom stereocenters. The Morgan fingerprint density at radius 2 is 0.705 bits per heavy atom. The number of benzene rings is 4. The van der Waals surface area contributed by atoms with E-state index in [1.54, 1.807) is 6.92 Å². The van der Waals surface area contributed by atoms with Crippen LogP contribution in [0, 0.1) is 22.7 Å². The fourth-order valence-corrected chi connectivity index (χ4v) is 15.9. The summed E-state index contributed by atoms with van der Waals surface area (Å²) in [6, 6.07) is 32.6. The molecule has 0 N–H and O–H groups in total. The van der Waals surface area contributed by atoms with Crippen LogP contribution in [0.15, 0.2) is 91.0 Å². The number of rotatable bonds is 17. The minimum Gasteiger partial charge on any atom is -0.235 e. The molecule has 0 bridgehead atoms. The molecule has 0 radical (unpaired) electrons. The van der Waals surface area contributed by atoms with Gasteiger partial charge < -0.3 is 0 Å². The van der Waals surface area contributed by atoms with Crippen LogP contribution in [-0.2, 0) is 19.3 Å². The summed E-state index contributed by atoms with van der Waals surface area (Å²) in [7, 11) is 21.9. The summed E-state index contributed by atoms with van der Waals surface area (Å²) >= 11 is 10.8. The van der Waals surface area contributed by atoms with Crippen molar-refractivity contribution in [2.45, 2.75) is 110 Å². The van der Waals surface area contributed by atoms with Crippen LogP contribution in [0.4, 0.5) is 8.78 Å². The van der Waals surface area contributed by atoms with Crippen LogP contribution in [0.3, 0.4) is 0 Å². The predicted octanol–water partition coefficient (Wildman–Crippen LogP) is 17.3. The summed E-state index contributed by atoms with van der Waals surface area (Å²) in [4.78, 5) is -1.04. The smallest absolute Gasteiger partial charge is 0.172 e. The average molecular weight is 1420 g/mol. The van der Waals surface area contributed by atoms with Crippen molar-refractivity contribution in [1.82, 2.24) is 0 Å². The van der Waals surface area contributed by atoms with Gasteiger partial charge in [0.15, 0.2) is 10.8 Å². The fourth-order valence-electron chi connectivity index (χ4n) is 7.65. The zero-order chi connectivity index (χ0) is 46.6. The lowest BCUT2D eigenvalue weighted by molar-refractivity contribution is 0.0959. The van der Waals surface area contributed by atoms with E-state index in [0.29, 0.717) is 11.8 Å². The van der Waals surface area contributed by atoms with Crippen molar-refractivity contribution in [2.75, 3.05) is 0 Å². The third-order valence-corrected chi connectivity index (χ3v) is 30.1. The minimum absolute atomic E-state index is 0.00985. The molecule has 4 aromatic rings. The van der Waals surface area contributed by atoms with Crippen LogP contribution in [0.25, 0.3) is 33.4 Å². The van der Waals surface area contributed by atoms with Gasteiger partial charge in [-0.1, -0.05) is 255 Å². The van der Waals surface area contributed by atoms with Crippen LogP contribution in [-0.4, -0.2) is 28.4 Å². The van der Waals surface area contributed by atoms with E-state index in [0.717, 1.165) is 40.7 Å². The zero-order valence-corrected chi connectivity index (χ0v) is 54.7. The van der Waals surface area contributed by atoms with Gasteiger partial charge in [-0.2, -0.15) is 0 Å². The Bertz CT molecular complexity index is 2060. The van der Waals surface area contributed by atoms with E-state index >= 15 is 8.78 Å². The average Bonchev–Trinajstić information content (AvgIpc) is 3.13. The SMILES string of the molecule is CC(C)C(P)(I)C(C)(C)C(P)(I)Cc1cc(CC(P)(I)C(C)(C)C(P)(I)C(C)C)cc(-c2ccc(-c3ccc(-c4ccc(CC(F)(P)C(F)(P)C(C)(P)P)cc4)cc3)cc2)c1. The summed E-state index contributed by atoms with van der Waals surface area (Å²) in [5.41, 5.74) is 10.2. The molecule has 0 amide bonds. The Morgan fingerprint density at radius 3 is 0.984 bits per heavy atom. The first-order valence-electron chi connectivity index (χ1n) is 20.4. The molecule has 0 nitrogen and oxygen atoms in total. The highest BCUT2D eigenvalue weighted by atomic mass is 127. The molecule has 0 aliphatic heterocycles. The highest BCUT2D eigenvalue weighted by Crippen LogP contribution is 2.63. The lowest BCUT2D eigenvalue weighted by atomic mass is 9.76. The number of halogens is 6. The Labute approximate surface area is 441 Å². The Kier molecular flexibility index (Phi) is 19.4. The highest BCUT2D eigenvalue weighted by Gasteiger charge is 2.55. The van der Waals surface area contributed by atoms with Crippen molar-refractivity contribution in [2.24, 2.45) is 22.7 Å². The van der Waals surface area contributed by atoms with Crippen LogP contribution in [0.2, 0.25) is 0 Å². The summed E-state index contributed by atoms with van der Waals surface area (Å²) in [5.74, 6) is 0.981. The van der Waals surface area contributed by atoms with Gasteiger partial charge in [-0.3, -0.25) is 0 Å². The molecule has 0 heterocycles. The van der Waals surface area contributed by atoms with Crippen LogP contribution in [0.5, 0.6) is 0 Å². The minimum atomic E-state index is -2.17. The maximum atomic E-state index is 15.7. The van der Waals surface area contributed by atoms with E-state index in [4.69, 9.17) is 0 Å². The highest BCUT2D eigenvalue weighted by molar-refractivity contribution is 14.1. The van der Waals surface area contributed by atoms with E-state index in [1.165, 1.54) is 22.3 Å². The van der Waals surface area contributed by atoms with Crippen LogP contribution >= 0.6 is 164 Å². The quantitative estimate of drug-likeness (QED) is 0.0562. The lowest BCUT2D eigenvalue weighted by Gasteiger charge is -2.52. The molecule has 4 rings (SSSR count). The summed E-state index contributed by atoms with van der Waals surface area (Å²) in [6.45, 7) is 20.6. The third kappa shape index (κ3) is 12.4. The van der Waals surface area contributed by atoms with E-state index in [1.807, 2.05) is 24.3 Å². The van der Waals surface area contributed by atoms with Crippen molar-refractivity contribution in [3.8, 4) is 33.4 Å². The molecule has 14 heteroatoms. The first kappa shape index (κ1) is 56.7. The maximum Gasteiger partial charge on any atom is 0.172 e. The third-order valence-electron chi connectivity index (χ3n) is 13.2. The van der Waals surface area contributed by atoms with Crippen molar-refractivity contribution in [3.63, 3.8) is 0 Å². The van der Waals surface area contributed by atoms with Gasteiger partial charge in [0.25, 0.3) is 0 Å². The molecule has 0 fully saturated rings. The van der Waals surface area contributed by atoms with Crippen molar-refractivity contribution >= 4 is 164 Å². The Hall–Kier alpha value is 3.10. The summed E-state index contributed by atoms with van der Waals surface area (Å²) in [6.07, 6.45) is 1.78. The molecular formula is C47H66F2I4P8. The van der Waals surface area contributed by atoms with Crippen molar-refractivity contribution in [3.05, 3.63) is 108 Å². The molecule has 336 valence electrons. The molecule has 4 aromatic carbocycles. The van der Waals surface area contributed by atoms with Gasteiger partial charge in [-0.05, 0) is 81.7 Å². The molecular weight excluding hydrogens is 1360 g/mol. The van der Waals surface area contributed by atoms with E-state index in [-0.39, 0.29) is 29.9 Å². The van der Waals surface area contributed by atoms with Gasteiger partial charge in [-0.15, -0.1) is 55.4 Å². The molecule has 61 heavy (non-hydrogen) atoms. The fraction of sp³-hybridized carbons (Fsp3) is 0.489. The Balaban J connectivity index is 1.66. The number of hydrogen-bond acceptors (Lipinski definition) is 0. The second-order valence-electron chi connectivity index (χ2n) is 19.1. The van der Waals surface area contributed by atoms with Crippen LogP contribution < -0.4 is 0 Å². The largest absolute Gasteiger partial charge is 0.235 e. The standard InChI is InChI=1S/C47H66F2I4P8/c1-28(2)45(52,59)39(5,6)43(50,57)26-31-22-32(27-44(51,58)40(7,8)46(53,60)29(3)4)24-38(23-31)37-20-18-36(19-21-37)35-16-14-34(15-17-35)33-12-10-30(11-13-33)25-42(48,56)47(49,61)41(9,54)55/h10-24,28-29H,25-27,54-61H2,1-9H3. The second kappa shape index (κ2) is 20.8. The summed E-state index contributed by atoms with van der Waals surface area (Å²) < 4.78 is 31.0. The number of hydrogen-bond donors (Lipinski definition) is 0. The van der Waals surface area contributed by atoms with Crippen molar-refractivity contribution < 1.29 is 8.78 Å². The molecule has 0 spiro atoms. The van der Waals surface area contributed by atoms with E-state index < -0.39 is 15.7 Å². The molecule has 0 aliphatic rings. The van der Waals surface area contributed by atoms with Gasteiger partial charge in [0, 0.05) is 34.8 Å². The van der Waals surface area contributed by atoms with Gasteiger partial charge in [0.05, 0.1) is 0 Å². The first-order chi connectivity index (χ1) is 27.5. The zero-order valence-electron chi connectivity index (χ0n) is 36.8. The normalized spacial score (nSPS) is 19.0. The summed E-state index contributed by atoms with van der Waals surface area (Å²) in [5, 5.41) is -4.33. The van der Waals surface area contributed by atoms with E-state index in [2.05, 4.69) is 286 Å². The van der Waals surface area contributed by atoms with E-state index in [9.17, 15) is 0 Å². The van der Waals surface area contributed by atoms with Crippen LogP contribution in [0.1, 0.15) is 79.0 Å². The maximum absolute atomic E-state index is 15.7. The van der Waals surface area contributed by atoms with Crippen molar-refractivity contribution in [1.29, 1.82) is 0 Å². The molecule has 0 saturated heterocycles. The Morgan fingerprint density at radius 1 is 0.426 bits per heavy atom. The van der Waals surface area contributed by atoms with Gasteiger partial charge >= 0.3 is 0 Å². The first-order valence-corrected chi connectivity index (χ1v) is 29.3. The molecule has 14 unspecified atom stereocenters. The molecule has 0 aromatic heterocycles. The molecule has 0 aliphatic carbocycles. The predicted molar refractivity (Wildman–Crippen MR) is 332 cm³/mol. The number of alkyl halides is 6. The second-order valence-corrected chi connectivity index (χ2v) is 39.8. The molecule has 0 saturated carbocycles.